The molecule has 7 heteroatoms. The smallest absolute Gasteiger partial charge is 0.387 e. The number of hydrazine groups is 1. The van der Waals surface area contributed by atoms with E-state index < -0.39 is 17.8 Å². The summed E-state index contributed by atoms with van der Waals surface area (Å²) in [7, 11) is 2.04. The van der Waals surface area contributed by atoms with Crippen molar-refractivity contribution in [2.45, 2.75) is 12.3 Å². The predicted octanol–water partition coefficient (Wildman–Crippen LogP) is 1.49. The maximum absolute atomic E-state index is 12.6. The number of piperazine rings is 1. The van der Waals surface area contributed by atoms with E-state index in [2.05, 4.69) is 10.3 Å². The first-order valence-electron chi connectivity index (χ1n) is 6.88. The molecule has 1 unspecified atom stereocenters. The van der Waals surface area contributed by atoms with Gasteiger partial charge in [-0.2, -0.15) is 13.2 Å². The Bertz CT molecular complexity index is 459. The van der Waals surface area contributed by atoms with Gasteiger partial charge in [0.1, 0.15) is 0 Å². The molecule has 1 aliphatic rings. The number of hydrogen-bond acceptors (Lipinski definition) is 4. The largest absolute Gasteiger partial charge is 0.416 e. The summed E-state index contributed by atoms with van der Waals surface area (Å²) < 4.78 is 37.9. The quantitative estimate of drug-likeness (QED) is 0.884. The zero-order valence-corrected chi connectivity index (χ0v) is 11.9. The van der Waals surface area contributed by atoms with Gasteiger partial charge in [0.25, 0.3) is 0 Å². The lowest BCUT2D eigenvalue weighted by atomic mass is 10.1. The second kappa shape index (κ2) is 6.74. The van der Waals surface area contributed by atoms with E-state index in [1.54, 1.807) is 0 Å². The number of benzene rings is 1. The number of nitrogens with zero attached hydrogens (tertiary/aromatic N) is 2. The summed E-state index contributed by atoms with van der Waals surface area (Å²) in [6, 6.07) is 4.82. The molecular weight excluding hydrogens is 283 g/mol. The first-order valence-corrected chi connectivity index (χ1v) is 6.88. The number of halogens is 3. The van der Waals surface area contributed by atoms with Gasteiger partial charge in [-0.1, -0.05) is 12.1 Å². The third-order valence-corrected chi connectivity index (χ3v) is 3.61. The molecule has 0 spiro atoms. The molecule has 0 radical (unpaired) electrons. The molecule has 0 saturated carbocycles. The van der Waals surface area contributed by atoms with E-state index in [1.165, 1.54) is 12.1 Å². The lowest BCUT2D eigenvalue weighted by Gasteiger charge is -2.33. The van der Waals surface area contributed by atoms with Gasteiger partial charge in [0.2, 0.25) is 0 Å². The van der Waals surface area contributed by atoms with E-state index in [4.69, 9.17) is 0 Å². The van der Waals surface area contributed by atoms with Gasteiger partial charge >= 0.3 is 6.18 Å². The van der Waals surface area contributed by atoms with Crippen LogP contribution in [0.2, 0.25) is 0 Å². The van der Waals surface area contributed by atoms with Crippen LogP contribution >= 0.6 is 0 Å². The van der Waals surface area contributed by atoms with Gasteiger partial charge in [0, 0.05) is 32.7 Å². The molecule has 0 aliphatic carbocycles. The molecule has 0 amide bonds. The molecule has 1 heterocycles. The fourth-order valence-electron chi connectivity index (χ4n) is 2.22. The minimum atomic E-state index is -4.39. The Morgan fingerprint density at radius 3 is 2.52 bits per heavy atom. The number of likely N-dealkylation sites (N-methyl/N-ethyl adjacent to an activating group) is 1. The van der Waals surface area contributed by atoms with Crippen LogP contribution in [-0.4, -0.2) is 54.8 Å². The average molecular weight is 303 g/mol. The number of rotatable bonds is 4. The number of nitrogens with one attached hydrogen (secondary N) is 1. The van der Waals surface area contributed by atoms with E-state index in [9.17, 15) is 18.3 Å². The molecule has 1 saturated heterocycles. The maximum Gasteiger partial charge on any atom is 0.416 e. The molecule has 21 heavy (non-hydrogen) atoms. The van der Waals surface area contributed by atoms with Crippen LogP contribution in [0.1, 0.15) is 17.2 Å². The van der Waals surface area contributed by atoms with Crippen molar-refractivity contribution in [3.8, 4) is 0 Å². The van der Waals surface area contributed by atoms with Crippen molar-refractivity contribution < 1.29 is 18.3 Å². The summed E-state index contributed by atoms with van der Waals surface area (Å²) in [6.07, 6.45) is -5.35. The summed E-state index contributed by atoms with van der Waals surface area (Å²) in [5, 5.41) is 12.0. The fraction of sp³-hybridized carbons (Fsp3) is 0.571. The molecule has 0 bridgehead atoms. The summed E-state index contributed by atoms with van der Waals surface area (Å²) in [5.74, 6) is 0. The van der Waals surface area contributed by atoms with Crippen molar-refractivity contribution in [2.24, 2.45) is 0 Å². The molecule has 1 aromatic carbocycles. The SMILES string of the molecule is CN1CCN(NCC(O)c2cccc(C(F)(F)F)c2)CC1. The third-order valence-electron chi connectivity index (χ3n) is 3.61. The number of aliphatic hydroxyl groups is 1. The Morgan fingerprint density at radius 2 is 1.90 bits per heavy atom. The van der Waals surface area contributed by atoms with Crippen LogP contribution in [0.3, 0.4) is 0 Å². The highest BCUT2D eigenvalue weighted by Crippen LogP contribution is 2.30. The van der Waals surface area contributed by atoms with Crippen LogP contribution in [0, 0.1) is 0 Å². The van der Waals surface area contributed by atoms with Gasteiger partial charge in [-0.25, -0.2) is 5.01 Å². The minimum Gasteiger partial charge on any atom is -0.387 e. The number of alkyl halides is 3. The van der Waals surface area contributed by atoms with Gasteiger partial charge in [-0.05, 0) is 24.7 Å². The van der Waals surface area contributed by atoms with Crippen LogP contribution in [0.5, 0.6) is 0 Å². The molecule has 1 aromatic rings. The van der Waals surface area contributed by atoms with Crippen molar-refractivity contribution >= 4 is 0 Å². The molecule has 1 fully saturated rings. The van der Waals surface area contributed by atoms with Crippen molar-refractivity contribution in [1.29, 1.82) is 0 Å². The Kier molecular flexibility index (Phi) is 5.21. The summed E-state index contributed by atoms with van der Waals surface area (Å²) >= 11 is 0. The molecule has 4 nitrogen and oxygen atoms in total. The van der Waals surface area contributed by atoms with Gasteiger partial charge in [-0.3, -0.25) is 5.43 Å². The highest BCUT2D eigenvalue weighted by atomic mass is 19.4. The highest BCUT2D eigenvalue weighted by molar-refractivity contribution is 5.27. The zero-order chi connectivity index (χ0) is 15.5. The van der Waals surface area contributed by atoms with E-state index >= 15 is 0 Å². The third kappa shape index (κ3) is 4.67. The standard InChI is InChI=1S/C14H20F3N3O/c1-19-5-7-20(8-6-19)18-10-13(21)11-3-2-4-12(9-11)14(15,16)17/h2-4,9,13,18,21H,5-8,10H2,1H3. The fourth-order valence-corrected chi connectivity index (χ4v) is 2.22. The summed E-state index contributed by atoms with van der Waals surface area (Å²) in [6.45, 7) is 3.70. The van der Waals surface area contributed by atoms with Crippen molar-refractivity contribution in [3.05, 3.63) is 35.4 Å². The maximum atomic E-state index is 12.6. The van der Waals surface area contributed by atoms with Crippen LogP contribution < -0.4 is 5.43 Å². The van der Waals surface area contributed by atoms with Crippen LogP contribution in [0.25, 0.3) is 0 Å². The van der Waals surface area contributed by atoms with E-state index in [-0.39, 0.29) is 12.1 Å². The van der Waals surface area contributed by atoms with Gasteiger partial charge in [-0.15, -0.1) is 0 Å². The summed E-state index contributed by atoms with van der Waals surface area (Å²) in [4.78, 5) is 2.20. The van der Waals surface area contributed by atoms with E-state index in [1.807, 2.05) is 12.1 Å². The van der Waals surface area contributed by atoms with Crippen molar-refractivity contribution in [1.82, 2.24) is 15.3 Å². The number of hydrogen-bond donors (Lipinski definition) is 2. The van der Waals surface area contributed by atoms with Crippen LogP contribution in [-0.2, 0) is 6.18 Å². The Morgan fingerprint density at radius 1 is 1.24 bits per heavy atom. The molecule has 2 rings (SSSR count). The van der Waals surface area contributed by atoms with Gasteiger partial charge < -0.3 is 10.0 Å². The first-order chi connectivity index (χ1) is 9.86. The Labute approximate surface area is 122 Å². The molecule has 1 aliphatic heterocycles. The second-order valence-corrected chi connectivity index (χ2v) is 5.29. The van der Waals surface area contributed by atoms with Crippen LogP contribution in [0.4, 0.5) is 13.2 Å². The minimum absolute atomic E-state index is 0.199. The lowest BCUT2D eigenvalue weighted by molar-refractivity contribution is -0.137. The summed E-state index contributed by atoms with van der Waals surface area (Å²) in [5.41, 5.74) is 2.61. The molecule has 2 N–H and O–H groups in total. The Balaban J connectivity index is 1.90. The predicted molar refractivity (Wildman–Crippen MR) is 73.5 cm³/mol. The highest BCUT2D eigenvalue weighted by Gasteiger charge is 2.30. The average Bonchev–Trinajstić information content (AvgIpc) is 2.45. The second-order valence-electron chi connectivity index (χ2n) is 5.29. The van der Waals surface area contributed by atoms with E-state index in [0.29, 0.717) is 0 Å². The zero-order valence-electron chi connectivity index (χ0n) is 11.9. The monoisotopic (exact) mass is 303 g/mol. The molecule has 1 atom stereocenters. The lowest BCUT2D eigenvalue weighted by Crippen LogP contribution is -2.51. The van der Waals surface area contributed by atoms with Crippen molar-refractivity contribution in [3.63, 3.8) is 0 Å². The molecular formula is C14H20F3N3O. The van der Waals surface area contributed by atoms with Crippen molar-refractivity contribution in [2.75, 3.05) is 39.8 Å². The normalized spacial score (nSPS) is 19.7. The van der Waals surface area contributed by atoms with Crippen LogP contribution in [0.15, 0.2) is 24.3 Å². The Hall–Kier alpha value is -1.15. The molecule has 118 valence electrons. The van der Waals surface area contributed by atoms with Gasteiger partial charge in [0.15, 0.2) is 0 Å². The van der Waals surface area contributed by atoms with Gasteiger partial charge in [0.05, 0.1) is 11.7 Å². The topological polar surface area (TPSA) is 38.7 Å². The molecule has 0 aromatic heterocycles. The number of aliphatic hydroxyl groups excluding tert-OH is 1. The van der Waals surface area contributed by atoms with E-state index in [0.717, 1.165) is 38.3 Å². The first kappa shape index (κ1) is 16.2.